The highest BCUT2D eigenvalue weighted by Crippen LogP contribution is 2.30. The number of fused-ring (bicyclic) bond motifs is 1. The average Bonchev–Trinajstić information content (AvgIpc) is 2.87. The van der Waals surface area contributed by atoms with Crippen molar-refractivity contribution in [3.8, 4) is 11.5 Å². The Kier molecular flexibility index (Phi) is 3.10. The number of benzene rings is 2. The van der Waals surface area contributed by atoms with Crippen molar-refractivity contribution < 1.29 is 13.2 Å². The van der Waals surface area contributed by atoms with E-state index in [1.165, 1.54) is 18.4 Å². The van der Waals surface area contributed by atoms with Crippen LogP contribution < -0.4 is 10.5 Å². The Bertz CT molecular complexity index is 896. The highest BCUT2D eigenvalue weighted by molar-refractivity contribution is 7.90. The van der Waals surface area contributed by atoms with Gasteiger partial charge in [-0.2, -0.15) is 0 Å². The predicted molar refractivity (Wildman–Crippen MR) is 82.3 cm³/mol. The smallest absolute Gasteiger partial charge is 0.175 e. The first-order valence-electron chi connectivity index (χ1n) is 6.28. The summed E-state index contributed by atoms with van der Waals surface area (Å²) in [6.45, 7) is 0. The van der Waals surface area contributed by atoms with E-state index >= 15 is 0 Å². The van der Waals surface area contributed by atoms with Crippen molar-refractivity contribution in [2.75, 3.05) is 12.0 Å². The van der Waals surface area contributed by atoms with Crippen LogP contribution in [0.3, 0.4) is 0 Å². The van der Waals surface area contributed by atoms with E-state index in [9.17, 15) is 8.42 Å². The van der Waals surface area contributed by atoms with Gasteiger partial charge in [0, 0.05) is 23.9 Å². The lowest BCUT2D eigenvalue weighted by Crippen LogP contribution is -1.96. The molecule has 1 aromatic heterocycles. The zero-order valence-electron chi connectivity index (χ0n) is 11.3. The Balaban J connectivity index is 1.91. The summed E-state index contributed by atoms with van der Waals surface area (Å²) < 4.78 is 28.5. The Morgan fingerprint density at radius 1 is 1.05 bits per heavy atom. The summed E-state index contributed by atoms with van der Waals surface area (Å²) in [5, 5.41) is 0.956. The molecule has 108 valence electrons. The average molecular weight is 302 g/mol. The van der Waals surface area contributed by atoms with Crippen LogP contribution in [0.5, 0.6) is 11.5 Å². The van der Waals surface area contributed by atoms with Gasteiger partial charge in [0.25, 0.3) is 0 Å². The third kappa shape index (κ3) is 2.71. The van der Waals surface area contributed by atoms with E-state index in [1.807, 2.05) is 18.3 Å². The van der Waals surface area contributed by atoms with E-state index in [1.54, 1.807) is 18.2 Å². The van der Waals surface area contributed by atoms with Crippen LogP contribution in [0.4, 0.5) is 5.69 Å². The van der Waals surface area contributed by atoms with Gasteiger partial charge in [-0.05, 0) is 36.4 Å². The maximum absolute atomic E-state index is 11.4. The predicted octanol–water partition coefficient (Wildman–Crippen LogP) is 2.95. The number of H-pyrrole nitrogens is 1. The maximum Gasteiger partial charge on any atom is 0.175 e. The molecule has 6 heteroatoms. The lowest BCUT2D eigenvalue weighted by Gasteiger charge is -2.08. The fourth-order valence-electron chi connectivity index (χ4n) is 2.12. The Labute approximate surface area is 122 Å². The van der Waals surface area contributed by atoms with Crippen LogP contribution in [0.25, 0.3) is 10.9 Å². The fraction of sp³-hybridized carbons (Fsp3) is 0.0667. The minimum atomic E-state index is -3.20. The summed E-state index contributed by atoms with van der Waals surface area (Å²) in [7, 11) is -3.20. The molecule has 5 nitrogen and oxygen atoms in total. The second-order valence-corrected chi connectivity index (χ2v) is 6.82. The van der Waals surface area contributed by atoms with Crippen molar-refractivity contribution in [3.05, 3.63) is 48.7 Å². The summed E-state index contributed by atoms with van der Waals surface area (Å²) in [6.07, 6.45) is 2.98. The lowest BCUT2D eigenvalue weighted by molar-refractivity contribution is 0.483. The molecule has 1 heterocycles. The number of rotatable bonds is 3. The van der Waals surface area contributed by atoms with Crippen molar-refractivity contribution in [1.29, 1.82) is 0 Å². The number of nitrogen functional groups attached to an aromatic ring is 1. The highest BCUT2D eigenvalue weighted by Gasteiger charge is 2.08. The van der Waals surface area contributed by atoms with Gasteiger partial charge < -0.3 is 15.5 Å². The maximum atomic E-state index is 11.4. The first kappa shape index (κ1) is 13.5. The summed E-state index contributed by atoms with van der Waals surface area (Å²) in [5.74, 6) is 1.16. The van der Waals surface area contributed by atoms with Gasteiger partial charge in [0.2, 0.25) is 0 Å². The second-order valence-electron chi connectivity index (χ2n) is 4.80. The quantitative estimate of drug-likeness (QED) is 0.728. The molecule has 0 fully saturated rings. The zero-order chi connectivity index (χ0) is 15.0. The fourth-order valence-corrected chi connectivity index (χ4v) is 2.75. The Morgan fingerprint density at radius 3 is 2.43 bits per heavy atom. The summed E-state index contributed by atoms with van der Waals surface area (Å²) >= 11 is 0. The van der Waals surface area contributed by atoms with E-state index in [0.29, 0.717) is 17.2 Å². The van der Waals surface area contributed by atoms with Gasteiger partial charge in [-0.15, -0.1) is 0 Å². The Morgan fingerprint density at radius 2 is 1.76 bits per heavy atom. The van der Waals surface area contributed by atoms with Crippen molar-refractivity contribution in [2.24, 2.45) is 0 Å². The van der Waals surface area contributed by atoms with E-state index in [-0.39, 0.29) is 4.90 Å². The molecule has 2 aromatic carbocycles. The molecule has 0 saturated heterocycles. The third-order valence-electron chi connectivity index (χ3n) is 3.15. The largest absolute Gasteiger partial charge is 0.457 e. The van der Waals surface area contributed by atoms with Crippen LogP contribution in [-0.4, -0.2) is 19.7 Å². The molecule has 0 amide bonds. The van der Waals surface area contributed by atoms with Gasteiger partial charge >= 0.3 is 0 Å². The zero-order valence-corrected chi connectivity index (χ0v) is 12.1. The monoisotopic (exact) mass is 302 g/mol. The van der Waals surface area contributed by atoms with Crippen molar-refractivity contribution in [1.82, 2.24) is 4.98 Å². The number of nitrogens with one attached hydrogen (secondary N) is 1. The van der Waals surface area contributed by atoms with Crippen LogP contribution in [0, 0.1) is 0 Å². The van der Waals surface area contributed by atoms with Gasteiger partial charge in [0.1, 0.15) is 11.5 Å². The van der Waals surface area contributed by atoms with Crippen LogP contribution in [0.2, 0.25) is 0 Å². The summed E-state index contributed by atoms with van der Waals surface area (Å²) in [4.78, 5) is 3.32. The van der Waals surface area contributed by atoms with E-state index in [4.69, 9.17) is 10.5 Å². The third-order valence-corrected chi connectivity index (χ3v) is 4.28. The molecule has 0 aliphatic carbocycles. The van der Waals surface area contributed by atoms with Crippen LogP contribution in [0.15, 0.2) is 53.6 Å². The molecule has 0 aliphatic rings. The SMILES string of the molecule is CS(=O)(=O)c1ccc(Oc2cc(N)c3[nH]ccc3c2)cc1. The van der Waals surface area contributed by atoms with Crippen LogP contribution in [0.1, 0.15) is 0 Å². The second kappa shape index (κ2) is 4.82. The summed E-state index contributed by atoms with van der Waals surface area (Å²) in [6, 6.07) is 11.8. The van der Waals surface area contributed by atoms with Gasteiger partial charge in [-0.1, -0.05) is 0 Å². The lowest BCUT2D eigenvalue weighted by atomic mass is 10.2. The number of aromatic nitrogens is 1. The molecule has 3 N–H and O–H groups in total. The number of aromatic amines is 1. The number of sulfone groups is 1. The molecular weight excluding hydrogens is 288 g/mol. The van der Waals surface area contributed by atoms with Crippen LogP contribution in [-0.2, 0) is 9.84 Å². The first-order valence-corrected chi connectivity index (χ1v) is 8.17. The number of nitrogens with two attached hydrogens (primary N) is 1. The van der Waals surface area contributed by atoms with E-state index < -0.39 is 9.84 Å². The Hall–Kier alpha value is -2.47. The molecule has 0 saturated carbocycles. The van der Waals surface area contributed by atoms with Crippen LogP contribution >= 0.6 is 0 Å². The molecule has 0 aliphatic heterocycles. The van der Waals surface area contributed by atoms with Gasteiger partial charge in [0.15, 0.2) is 9.84 Å². The minimum absolute atomic E-state index is 0.260. The van der Waals surface area contributed by atoms with Crippen molar-refractivity contribution in [2.45, 2.75) is 4.90 Å². The molecule has 0 spiro atoms. The van der Waals surface area contributed by atoms with Gasteiger partial charge in [-0.25, -0.2) is 8.42 Å². The number of hydrogen-bond donors (Lipinski definition) is 2. The van der Waals surface area contributed by atoms with Gasteiger partial charge in [-0.3, -0.25) is 0 Å². The molecule has 3 aromatic rings. The van der Waals surface area contributed by atoms with E-state index in [2.05, 4.69) is 4.98 Å². The first-order chi connectivity index (χ1) is 9.93. The van der Waals surface area contributed by atoms with Crippen molar-refractivity contribution >= 4 is 26.4 Å². The minimum Gasteiger partial charge on any atom is -0.457 e. The van der Waals surface area contributed by atoms with E-state index in [0.717, 1.165) is 10.9 Å². The van der Waals surface area contributed by atoms with Crippen molar-refractivity contribution in [3.63, 3.8) is 0 Å². The normalized spacial score (nSPS) is 11.7. The standard InChI is InChI=1S/C15H14N2O3S/c1-21(18,19)13-4-2-11(3-5-13)20-12-8-10-6-7-17-15(10)14(16)9-12/h2-9,17H,16H2,1H3. The molecule has 0 atom stereocenters. The van der Waals surface area contributed by atoms with Gasteiger partial charge in [0.05, 0.1) is 16.1 Å². The number of hydrogen-bond acceptors (Lipinski definition) is 4. The molecule has 21 heavy (non-hydrogen) atoms. The molecule has 0 bridgehead atoms. The highest BCUT2D eigenvalue weighted by atomic mass is 32.2. The molecule has 0 radical (unpaired) electrons. The number of anilines is 1. The molecule has 0 unspecified atom stereocenters. The molecular formula is C15H14N2O3S. The summed E-state index contributed by atoms with van der Waals surface area (Å²) in [5.41, 5.74) is 7.41. The molecule has 3 rings (SSSR count). The topological polar surface area (TPSA) is 85.2 Å². The number of ether oxygens (including phenoxy) is 1.